The minimum Gasteiger partial charge on any atom is -0.354 e. The molecule has 0 atom stereocenters. The zero-order chi connectivity index (χ0) is 17.5. The molecule has 1 aromatic heterocycles. The summed E-state index contributed by atoms with van der Waals surface area (Å²) in [6.45, 7) is 7.56. The van der Waals surface area contributed by atoms with Gasteiger partial charge in [0, 0.05) is 39.1 Å². The van der Waals surface area contributed by atoms with Crippen molar-refractivity contribution in [3.8, 4) is 0 Å². The monoisotopic (exact) mass is 475 g/mol. The van der Waals surface area contributed by atoms with Gasteiger partial charge in [-0.2, -0.15) is 0 Å². The average Bonchev–Trinajstić information content (AvgIpc) is 2.87. The molecule has 0 bridgehead atoms. The van der Waals surface area contributed by atoms with Gasteiger partial charge in [0.1, 0.15) is 5.82 Å². The van der Waals surface area contributed by atoms with E-state index in [4.69, 9.17) is 0 Å². The fourth-order valence-corrected chi connectivity index (χ4v) is 3.84. The van der Waals surface area contributed by atoms with Crippen molar-refractivity contribution >= 4 is 29.9 Å². The Morgan fingerprint density at radius 3 is 2.69 bits per heavy atom. The Kier molecular flexibility index (Phi) is 9.10. The molecule has 0 aromatic carbocycles. The molecule has 2 aliphatic rings. The number of nitrogens with one attached hydrogen (secondary N) is 2. The van der Waals surface area contributed by atoms with E-state index in [0.29, 0.717) is 12.6 Å². The number of rotatable bonds is 5. The summed E-state index contributed by atoms with van der Waals surface area (Å²) >= 11 is 0. The van der Waals surface area contributed by atoms with Gasteiger partial charge in [0.2, 0.25) is 0 Å². The molecule has 1 saturated heterocycles. The van der Waals surface area contributed by atoms with Crippen LogP contribution in [0.2, 0.25) is 0 Å². The third-order valence-corrected chi connectivity index (χ3v) is 5.29. The summed E-state index contributed by atoms with van der Waals surface area (Å²) < 4.78 is 2.29. The van der Waals surface area contributed by atoms with Crippen molar-refractivity contribution in [2.45, 2.75) is 71.0 Å². The zero-order valence-electron chi connectivity index (χ0n) is 16.2. The SMILES string of the molecule is CCCN1CCC(NC(=NC)NCc2nnc3n2CCCCC3)CC1.I. The quantitative estimate of drug-likeness (QED) is 0.388. The number of aryl methyl sites for hydroxylation is 1. The number of halogens is 1. The van der Waals surface area contributed by atoms with Crippen LogP contribution in [0, 0.1) is 0 Å². The first-order valence-corrected chi connectivity index (χ1v) is 9.90. The van der Waals surface area contributed by atoms with E-state index < -0.39 is 0 Å². The lowest BCUT2D eigenvalue weighted by molar-refractivity contribution is 0.206. The molecule has 3 heterocycles. The Bertz CT molecular complexity index is 564. The molecule has 26 heavy (non-hydrogen) atoms. The van der Waals surface area contributed by atoms with Crippen molar-refractivity contribution in [2.75, 3.05) is 26.7 Å². The standard InChI is InChI=1S/C18H33N7.HI/c1-3-10-24-12-8-15(9-13-24)21-18(19-2)20-14-17-23-22-16-7-5-4-6-11-25(16)17;/h15H,3-14H2,1-2H3,(H2,19,20,21);1H. The second kappa shape index (κ2) is 11.1. The van der Waals surface area contributed by atoms with Crippen molar-refractivity contribution in [3.05, 3.63) is 11.6 Å². The fourth-order valence-electron chi connectivity index (χ4n) is 3.84. The summed E-state index contributed by atoms with van der Waals surface area (Å²) in [7, 11) is 1.84. The first-order valence-electron chi connectivity index (χ1n) is 9.90. The maximum Gasteiger partial charge on any atom is 0.191 e. The lowest BCUT2D eigenvalue weighted by Crippen LogP contribution is -2.48. The Hall–Kier alpha value is -0.900. The molecule has 0 spiro atoms. The van der Waals surface area contributed by atoms with E-state index in [1.165, 1.54) is 58.2 Å². The van der Waals surface area contributed by atoms with Gasteiger partial charge in [0.25, 0.3) is 0 Å². The smallest absolute Gasteiger partial charge is 0.191 e. The largest absolute Gasteiger partial charge is 0.354 e. The molecular formula is C18H34IN7. The number of guanidine groups is 1. The van der Waals surface area contributed by atoms with Gasteiger partial charge in [0.15, 0.2) is 11.8 Å². The van der Waals surface area contributed by atoms with Crippen LogP contribution >= 0.6 is 24.0 Å². The highest BCUT2D eigenvalue weighted by atomic mass is 127. The normalized spacial score (nSPS) is 19.4. The minimum atomic E-state index is 0. The van der Waals surface area contributed by atoms with E-state index in [1.54, 1.807) is 0 Å². The predicted molar refractivity (Wildman–Crippen MR) is 116 cm³/mol. The molecule has 3 rings (SSSR count). The summed E-state index contributed by atoms with van der Waals surface area (Å²) in [5.74, 6) is 3.04. The molecule has 148 valence electrons. The van der Waals surface area contributed by atoms with Gasteiger partial charge in [-0.25, -0.2) is 0 Å². The molecule has 0 aliphatic carbocycles. The van der Waals surface area contributed by atoms with Gasteiger partial charge < -0.3 is 20.1 Å². The summed E-state index contributed by atoms with van der Waals surface area (Å²) in [6.07, 6.45) is 8.39. The van der Waals surface area contributed by atoms with Crippen LogP contribution in [0.3, 0.4) is 0 Å². The number of aliphatic imine (C=N–C) groups is 1. The number of likely N-dealkylation sites (tertiary alicyclic amines) is 1. The van der Waals surface area contributed by atoms with Crippen LogP contribution in [-0.4, -0.2) is 58.3 Å². The van der Waals surface area contributed by atoms with Crippen molar-refractivity contribution in [2.24, 2.45) is 4.99 Å². The molecular weight excluding hydrogens is 441 g/mol. The molecule has 2 aliphatic heterocycles. The zero-order valence-corrected chi connectivity index (χ0v) is 18.5. The predicted octanol–water partition coefficient (Wildman–Crippen LogP) is 2.16. The van der Waals surface area contributed by atoms with Crippen LogP contribution in [0.4, 0.5) is 0 Å². The van der Waals surface area contributed by atoms with E-state index in [0.717, 1.165) is 30.6 Å². The van der Waals surface area contributed by atoms with E-state index in [2.05, 4.69) is 42.2 Å². The number of fused-ring (bicyclic) bond motifs is 1. The van der Waals surface area contributed by atoms with Crippen LogP contribution in [0.1, 0.15) is 57.1 Å². The summed E-state index contributed by atoms with van der Waals surface area (Å²) in [5.41, 5.74) is 0. The van der Waals surface area contributed by atoms with Gasteiger partial charge in [-0.15, -0.1) is 34.2 Å². The van der Waals surface area contributed by atoms with E-state index in [1.807, 2.05) is 7.05 Å². The Morgan fingerprint density at radius 1 is 1.15 bits per heavy atom. The molecule has 1 fully saturated rings. The fraction of sp³-hybridized carbons (Fsp3) is 0.833. The second-order valence-corrected chi connectivity index (χ2v) is 7.18. The highest BCUT2D eigenvalue weighted by molar-refractivity contribution is 14.0. The first kappa shape index (κ1) is 21.4. The Balaban J connectivity index is 0.00000243. The van der Waals surface area contributed by atoms with Gasteiger partial charge in [0.05, 0.1) is 6.54 Å². The van der Waals surface area contributed by atoms with E-state index >= 15 is 0 Å². The lowest BCUT2D eigenvalue weighted by Gasteiger charge is -2.32. The van der Waals surface area contributed by atoms with Crippen molar-refractivity contribution in [1.82, 2.24) is 30.3 Å². The summed E-state index contributed by atoms with van der Waals surface area (Å²) in [5, 5.41) is 15.8. The van der Waals surface area contributed by atoms with Crippen LogP contribution in [-0.2, 0) is 19.5 Å². The maximum atomic E-state index is 4.39. The molecule has 0 radical (unpaired) electrons. The highest BCUT2D eigenvalue weighted by Gasteiger charge is 2.20. The molecule has 0 unspecified atom stereocenters. The molecule has 7 nitrogen and oxygen atoms in total. The number of piperidine rings is 1. The first-order chi connectivity index (χ1) is 12.3. The summed E-state index contributed by atoms with van der Waals surface area (Å²) in [4.78, 5) is 6.95. The second-order valence-electron chi connectivity index (χ2n) is 7.18. The minimum absolute atomic E-state index is 0. The van der Waals surface area contributed by atoms with Gasteiger partial charge in [-0.05, 0) is 38.6 Å². The molecule has 0 saturated carbocycles. The average molecular weight is 475 g/mol. The van der Waals surface area contributed by atoms with Gasteiger partial charge in [-0.3, -0.25) is 4.99 Å². The third kappa shape index (κ3) is 5.80. The van der Waals surface area contributed by atoms with E-state index in [9.17, 15) is 0 Å². The molecule has 8 heteroatoms. The molecule has 0 amide bonds. The maximum absolute atomic E-state index is 4.39. The number of hydrogen-bond acceptors (Lipinski definition) is 4. The lowest BCUT2D eigenvalue weighted by atomic mass is 10.1. The van der Waals surface area contributed by atoms with Crippen molar-refractivity contribution in [1.29, 1.82) is 0 Å². The van der Waals surface area contributed by atoms with Crippen LogP contribution in [0.5, 0.6) is 0 Å². The highest BCUT2D eigenvalue weighted by Crippen LogP contribution is 2.14. The van der Waals surface area contributed by atoms with E-state index in [-0.39, 0.29) is 24.0 Å². The Morgan fingerprint density at radius 2 is 1.96 bits per heavy atom. The van der Waals surface area contributed by atoms with Gasteiger partial charge >= 0.3 is 0 Å². The number of hydrogen-bond donors (Lipinski definition) is 2. The topological polar surface area (TPSA) is 70.4 Å². The van der Waals surface area contributed by atoms with Crippen molar-refractivity contribution in [3.63, 3.8) is 0 Å². The van der Waals surface area contributed by atoms with Gasteiger partial charge in [-0.1, -0.05) is 13.3 Å². The van der Waals surface area contributed by atoms with Crippen LogP contribution < -0.4 is 10.6 Å². The van der Waals surface area contributed by atoms with Crippen LogP contribution in [0.25, 0.3) is 0 Å². The summed E-state index contributed by atoms with van der Waals surface area (Å²) in [6, 6.07) is 0.509. The third-order valence-electron chi connectivity index (χ3n) is 5.29. The Labute approximate surface area is 174 Å². The van der Waals surface area contributed by atoms with Crippen LogP contribution in [0.15, 0.2) is 4.99 Å². The molecule has 1 aromatic rings. The molecule has 2 N–H and O–H groups in total. The number of aromatic nitrogens is 3. The van der Waals surface area contributed by atoms with Crippen molar-refractivity contribution < 1.29 is 0 Å². The number of nitrogens with zero attached hydrogens (tertiary/aromatic N) is 5.